The number of rotatable bonds is 4. The molecule has 2 rings (SSSR count). The van der Waals surface area contributed by atoms with Gasteiger partial charge in [-0.15, -0.1) is 0 Å². The minimum atomic E-state index is -0.387. The fourth-order valence-corrected chi connectivity index (χ4v) is 1.97. The number of anilines is 3. The molecule has 0 saturated carbocycles. The lowest BCUT2D eigenvalue weighted by molar-refractivity contribution is 0.405. The van der Waals surface area contributed by atoms with Crippen LogP contribution in [-0.2, 0) is 0 Å². The Labute approximate surface area is 121 Å². The van der Waals surface area contributed by atoms with Crippen LogP contribution in [0.5, 0.6) is 11.5 Å². The van der Waals surface area contributed by atoms with Crippen molar-refractivity contribution in [1.29, 1.82) is 0 Å². The fourth-order valence-electron chi connectivity index (χ4n) is 1.74. The van der Waals surface area contributed by atoms with Crippen molar-refractivity contribution in [2.45, 2.75) is 0 Å². The van der Waals surface area contributed by atoms with E-state index in [4.69, 9.17) is 26.8 Å². The zero-order valence-electron chi connectivity index (χ0n) is 11.0. The SMILES string of the molecule is COc1cc(Nc2cc(F)ccc2N)c(OC)cc1Cl. The zero-order valence-corrected chi connectivity index (χ0v) is 11.8. The van der Waals surface area contributed by atoms with E-state index in [2.05, 4.69) is 5.32 Å². The van der Waals surface area contributed by atoms with Crippen LogP contribution < -0.4 is 20.5 Å². The minimum absolute atomic E-state index is 0.387. The van der Waals surface area contributed by atoms with Crippen molar-refractivity contribution in [2.24, 2.45) is 0 Å². The molecule has 20 heavy (non-hydrogen) atoms. The Morgan fingerprint density at radius 3 is 2.40 bits per heavy atom. The molecule has 0 fully saturated rings. The number of benzene rings is 2. The summed E-state index contributed by atoms with van der Waals surface area (Å²) in [6, 6.07) is 7.34. The molecule has 0 heterocycles. The predicted molar refractivity (Wildman–Crippen MR) is 78.7 cm³/mol. The van der Waals surface area contributed by atoms with Gasteiger partial charge in [0.05, 0.1) is 36.3 Å². The molecule has 6 heteroatoms. The van der Waals surface area contributed by atoms with E-state index in [0.29, 0.717) is 33.6 Å². The van der Waals surface area contributed by atoms with Crippen molar-refractivity contribution in [3.8, 4) is 11.5 Å². The molecule has 106 valence electrons. The Morgan fingerprint density at radius 1 is 1.05 bits per heavy atom. The molecule has 0 amide bonds. The summed E-state index contributed by atoms with van der Waals surface area (Å²) in [7, 11) is 3.02. The Morgan fingerprint density at radius 2 is 1.75 bits per heavy atom. The summed E-state index contributed by atoms with van der Waals surface area (Å²) in [5.41, 5.74) is 7.23. The predicted octanol–water partition coefficient (Wildman–Crippen LogP) is 3.82. The number of methoxy groups -OCH3 is 2. The van der Waals surface area contributed by atoms with Gasteiger partial charge in [-0.2, -0.15) is 0 Å². The van der Waals surface area contributed by atoms with Crippen LogP contribution in [0.25, 0.3) is 0 Å². The molecule has 0 aliphatic rings. The Hall–Kier alpha value is -2.14. The summed E-state index contributed by atoms with van der Waals surface area (Å²) in [5.74, 6) is 0.589. The average molecular weight is 297 g/mol. The summed E-state index contributed by atoms with van der Waals surface area (Å²) in [5, 5.41) is 3.42. The lowest BCUT2D eigenvalue weighted by Gasteiger charge is -2.15. The van der Waals surface area contributed by atoms with Gasteiger partial charge in [-0.05, 0) is 18.2 Å². The second-order valence-corrected chi connectivity index (χ2v) is 4.45. The van der Waals surface area contributed by atoms with Crippen LogP contribution in [0.1, 0.15) is 0 Å². The lowest BCUT2D eigenvalue weighted by atomic mass is 10.2. The smallest absolute Gasteiger partial charge is 0.144 e. The first kappa shape index (κ1) is 14.3. The standard InChI is InChI=1S/C14H14ClFN2O2/c1-19-13-7-12(14(20-2)6-9(13)15)18-11-5-8(16)3-4-10(11)17/h3-7,18H,17H2,1-2H3. The van der Waals surface area contributed by atoms with E-state index in [1.54, 1.807) is 12.1 Å². The van der Waals surface area contributed by atoms with Crippen LogP contribution in [0.2, 0.25) is 5.02 Å². The van der Waals surface area contributed by atoms with Gasteiger partial charge in [-0.3, -0.25) is 0 Å². The van der Waals surface area contributed by atoms with Gasteiger partial charge in [0.2, 0.25) is 0 Å². The number of nitrogen functional groups attached to an aromatic ring is 1. The van der Waals surface area contributed by atoms with Gasteiger partial charge >= 0.3 is 0 Å². The third-order valence-corrected chi connectivity index (χ3v) is 3.05. The average Bonchev–Trinajstić information content (AvgIpc) is 2.44. The second kappa shape index (κ2) is 5.88. The first-order chi connectivity index (χ1) is 9.55. The molecule has 0 aliphatic carbocycles. The Bertz CT molecular complexity index is 635. The van der Waals surface area contributed by atoms with Crippen molar-refractivity contribution in [1.82, 2.24) is 0 Å². The van der Waals surface area contributed by atoms with E-state index in [0.717, 1.165) is 0 Å². The van der Waals surface area contributed by atoms with Crippen LogP contribution in [0.3, 0.4) is 0 Å². The highest BCUT2D eigenvalue weighted by Crippen LogP contribution is 2.38. The molecule has 0 spiro atoms. The minimum Gasteiger partial charge on any atom is -0.495 e. The maximum absolute atomic E-state index is 13.3. The van der Waals surface area contributed by atoms with E-state index in [9.17, 15) is 4.39 Å². The van der Waals surface area contributed by atoms with E-state index in [-0.39, 0.29) is 5.82 Å². The third-order valence-electron chi connectivity index (χ3n) is 2.76. The highest BCUT2D eigenvalue weighted by molar-refractivity contribution is 6.32. The second-order valence-electron chi connectivity index (χ2n) is 4.04. The number of nitrogens with two attached hydrogens (primary N) is 1. The molecule has 4 nitrogen and oxygen atoms in total. The molecular weight excluding hydrogens is 283 g/mol. The molecule has 0 bridgehead atoms. The van der Waals surface area contributed by atoms with Gasteiger partial charge in [0, 0.05) is 12.1 Å². The van der Waals surface area contributed by atoms with E-state index in [1.807, 2.05) is 0 Å². The van der Waals surface area contributed by atoms with Crippen molar-refractivity contribution in [3.63, 3.8) is 0 Å². The number of hydrogen-bond donors (Lipinski definition) is 2. The molecule has 3 N–H and O–H groups in total. The number of ether oxygens (including phenoxy) is 2. The summed E-state index contributed by atoms with van der Waals surface area (Å²) in [4.78, 5) is 0. The van der Waals surface area contributed by atoms with Gasteiger partial charge in [0.1, 0.15) is 17.3 Å². The van der Waals surface area contributed by atoms with Crippen LogP contribution >= 0.6 is 11.6 Å². The molecule has 2 aromatic rings. The summed E-state index contributed by atoms with van der Waals surface area (Å²) in [6.45, 7) is 0. The Kier molecular flexibility index (Phi) is 4.20. The van der Waals surface area contributed by atoms with Gasteiger partial charge < -0.3 is 20.5 Å². The molecule has 0 unspecified atom stereocenters. The van der Waals surface area contributed by atoms with Crippen LogP contribution in [-0.4, -0.2) is 14.2 Å². The van der Waals surface area contributed by atoms with Crippen LogP contribution in [0.15, 0.2) is 30.3 Å². The molecule has 0 atom stereocenters. The zero-order chi connectivity index (χ0) is 14.7. The van der Waals surface area contributed by atoms with Crippen molar-refractivity contribution < 1.29 is 13.9 Å². The van der Waals surface area contributed by atoms with Crippen molar-refractivity contribution >= 4 is 28.7 Å². The van der Waals surface area contributed by atoms with Gasteiger partial charge in [-0.1, -0.05) is 11.6 Å². The molecule has 0 aromatic heterocycles. The highest BCUT2D eigenvalue weighted by Gasteiger charge is 2.11. The summed E-state index contributed by atoms with van der Waals surface area (Å²) >= 11 is 6.02. The molecular formula is C14H14ClFN2O2. The van der Waals surface area contributed by atoms with Crippen molar-refractivity contribution in [3.05, 3.63) is 41.2 Å². The maximum atomic E-state index is 13.3. The quantitative estimate of drug-likeness (QED) is 0.842. The number of nitrogens with one attached hydrogen (secondary N) is 1. The summed E-state index contributed by atoms with van der Waals surface area (Å²) < 4.78 is 23.6. The van der Waals surface area contributed by atoms with E-state index in [1.165, 1.54) is 32.4 Å². The largest absolute Gasteiger partial charge is 0.495 e. The Balaban J connectivity index is 2.44. The molecule has 0 radical (unpaired) electrons. The normalized spacial score (nSPS) is 10.2. The van der Waals surface area contributed by atoms with Crippen molar-refractivity contribution in [2.75, 3.05) is 25.3 Å². The van der Waals surface area contributed by atoms with Gasteiger partial charge in [-0.25, -0.2) is 4.39 Å². The highest BCUT2D eigenvalue weighted by atomic mass is 35.5. The first-order valence-corrected chi connectivity index (χ1v) is 6.16. The lowest BCUT2D eigenvalue weighted by Crippen LogP contribution is -2.00. The van der Waals surface area contributed by atoms with Gasteiger partial charge in [0.15, 0.2) is 0 Å². The maximum Gasteiger partial charge on any atom is 0.144 e. The third kappa shape index (κ3) is 2.88. The summed E-state index contributed by atoms with van der Waals surface area (Å²) in [6.07, 6.45) is 0. The molecule has 2 aromatic carbocycles. The van der Waals surface area contributed by atoms with E-state index >= 15 is 0 Å². The monoisotopic (exact) mass is 296 g/mol. The topological polar surface area (TPSA) is 56.5 Å². The van der Waals surface area contributed by atoms with Crippen LogP contribution in [0, 0.1) is 5.82 Å². The first-order valence-electron chi connectivity index (χ1n) is 5.78. The van der Waals surface area contributed by atoms with Gasteiger partial charge in [0.25, 0.3) is 0 Å². The fraction of sp³-hybridized carbons (Fsp3) is 0.143. The molecule has 0 aliphatic heterocycles. The van der Waals surface area contributed by atoms with E-state index < -0.39 is 0 Å². The molecule has 0 saturated heterocycles. The number of halogens is 2. The number of hydrogen-bond acceptors (Lipinski definition) is 4. The van der Waals surface area contributed by atoms with Crippen LogP contribution in [0.4, 0.5) is 21.5 Å².